The predicted molar refractivity (Wildman–Crippen MR) is 75.1 cm³/mol. The first-order valence-corrected chi connectivity index (χ1v) is 6.29. The van der Waals surface area contributed by atoms with Crippen molar-refractivity contribution < 1.29 is 4.39 Å². The van der Waals surface area contributed by atoms with Gasteiger partial charge in [0.05, 0.1) is 0 Å². The third-order valence-electron chi connectivity index (χ3n) is 3.13. The van der Waals surface area contributed by atoms with Crippen LogP contribution in [0.1, 0.15) is 24.9 Å². The van der Waals surface area contributed by atoms with Crippen molar-refractivity contribution in [3.8, 4) is 0 Å². The summed E-state index contributed by atoms with van der Waals surface area (Å²) in [5, 5.41) is 5.08. The van der Waals surface area contributed by atoms with Gasteiger partial charge in [0.25, 0.3) is 0 Å². The average Bonchev–Trinajstić information content (AvgIpc) is 2.39. The van der Waals surface area contributed by atoms with Gasteiger partial charge in [-0.05, 0) is 30.0 Å². The van der Waals surface area contributed by atoms with Crippen LogP contribution in [0.2, 0.25) is 0 Å². The largest absolute Gasteiger partial charge is 0.310 e. The molecule has 0 aliphatic carbocycles. The van der Waals surface area contributed by atoms with E-state index in [1.54, 1.807) is 6.07 Å². The number of hydrogen-bond acceptors (Lipinski definition) is 1. The normalized spacial score (nSPS) is 12.6. The lowest BCUT2D eigenvalue weighted by molar-refractivity contribution is 0.561. The molecule has 1 nitrogen and oxygen atoms in total. The summed E-state index contributed by atoms with van der Waals surface area (Å²) in [6.45, 7) is 6.74. The Bertz CT molecular complexity index is 548. The molecular formula is C16H18FN. The zero-order valence-corrected chi connectivity index (χ0v) is 10.6. The molecule has 1 unspecified atom stereocenters. The average molecular weight is 243 g/mol. The molecule has 0 fully saturated rings. The molecule has 0 amide bonds. The lowest BCUT2D eigenvalue weighted by atomic mass is 9.96. The van der Waals surface area contributed by atoms with Crippen LogP contribution < -0.4 is 5.32 Å². The lowest BCUT2D eigenvalue weighted by Gasteiger charge is -2.19. The highest BCUT2D eigenvalue weighted by atomic mass is 19.1. The van der Waals surface area contributed by atoms with Crippen LogP contribution in [0.4, 0.5) is 4.39 Å². The summed E-state index contributed by atoms with van der Waals surface area (Å²) in [5.74, 6) is -0.164. The van der Waals surface area contributed by atoms with Crippen molar-refractivity contribution in [3.63, 3.8) is 0 Å². The summed E-state index contributed by atoms with van der Waals surface area (Å²) in [6.07, 6.45) is 2.73. The molecule has 0 radical (unpaired) electrons. The molecular weight excluding hydrogens is 225 g/mol. The minimum Gasteiger partial charge on any atom is -0.310 e. The zero-order valence-electron chi connectivity index (χ0n) is 10.6. The fraction of sp³-hybridized carbons (Fsp3) is 0.250. The summed E-state index contributed by atoms with van der Waals surface area (Å²) in [5.41, 5.74) is 1.13. The number of nitrogens with one attached hydrogen (secondary N) is 1. The second-order valence-electron chi connectivity index (χ2n) is 4.32. The number of fused-ring (bicyclic) bond motifs is 1. The van der Waals surface area contributed by atoms with Crippen molar-refractivity contribution in [3.05, 3.63) is 60.4 Å². The highest BCUT2D eigenvalue weighted by molar-refractivity contribution is 5.86. The third kappa shape index (κ3) is 2.44. The van der Waals surface area contributed by atoms with E-state index in [0.29, 0.717) is 5.39 Å². The molecule has 0 saturated carbocycles. The van der Waals surface area contributed by atoms with Crippen molar-refractivity contribution in [2.75, 3.05) is 6.54 Å². The van der Waals surface area contributed by atoms with E-state index in [9.17, 15) is 4.39 Å². The number of hydrogen-bond donors (Lipinski definition) is 1. The summed E-state index contributed by atoms with van der Waals surface area (Å²) < 4.78 is 13.8. The molecule has 1 N–H and O–H groups in total. The molecule has 94 valence electrons. The van der Waals surface area contributed by atoms with Gasteiger partial charge >= 0.3 is 0 Å². The molecule has 18 heavy (non-hydrogen) atoms. The Balaban J connectivity index is 2.55. The van der Waals surface area contributed by atoms with Gasteiger partial charge in [0.15, 0.2) is 0 Å². The van der Waals surface area contributed by atoms with Gasteiger partial charge in [0.1, 0.15) is 5.82 Å². The SMILES string of the molecule is C=CCC(NCC)c1ccc(F)c2ccccc12. The quantitative estimate of drug-likeness (QED) is 0.776. The predicted octanol–water partition coefficient (Wildman–Crippen LogP) is 4.21. The van der Waals surface area contributed by atoms with Crippen molar-refractivity contribution in [2.24, 2.45) is 0 Å². The van der Waals surface area contributed by atoms with Gasteiger partial charge in [-0.1, -0.05) is 43.3 Å². The van der Waals surface area contributed by atoms with Crippen molar-refractivity contribution in [2.45, 2.75) is 19.4 Å². The Labute approximate surface area is 107 Å². The van der Waals surface area contributed by atoms with Crippen molar-refractivity contribution in [1.29, 1.82) is 0 Å². The Morgan fingerprint density at radius 2 is 1.94 bits per heavy atom. The minimum atomic E-state index is -0.164. The van der Waals surface area contributed by atoms with Crippen LogP contribution in [0.5, 0.6) is 0 Å². The first-order chi connectivity index (χ1) is 8.77. The summed E-state index contributed by atoms with van der Waals surface area (Å²) in [4.78, 5) is 0. The van der Waals surface area contributed by atoms with Crippen LogP contribution in [0.25, 0.3) is 10.8 Å². The second-order valence-corrected chi connectivity index (χ2v) is 4.32. The minimum absolute atomic E-state index is 0.164. The van der Waals surface area contributed by atoms with Gasteiger partial charge in [0, 0.05) is 11.4 Å². The molecule has 2 rings (SSSR count). The third-order valence-corrected chi connectivity index (χ3v) is 3.13. The van der Waals surface area contributed by atoms with E-state index in [1.807, 2.05) is 36.4 Å². The number of rotatable bonds is 5. The van der Waals surface area contributed by atoms with E-state index in [1.165, 1.54) is 0 Å². The number of halogens is 1. The van der Waals surface area contributed by atoms with Crippen LogP contribution in [-0.2, 0) is 0 Å². The van der Waals surface area contributed by atoms with Crippen LogP contribution in [0.15, 0.2) is 49.1 Å². The summed E-state index contributed by atoms with van der Waals surface area (Å²) >= 11 is 0. The lowest BCUT2D eigenvalue weighted by Crippen LogP contribution is -2.20. The van der Waals surface area contributed by atoms with E-state index < -0.39 is 0 Å². The maximum absolute atomic E-state index is 13.8. The van der Waals surface area contributed by atoms with Gasteiger partial charge in [-0.3, -0.25) is 0 Å². The first-order valence-electron chi connectivity index (χ1n) is 6.29. The maximum atomic E-state index is 13.8. The maximum Gasteiger partial charge on any atom is 0.131 e. The van der Waals surface area contributed by atoms with Crippen LogP contribution in [0.3, 0.4) is 0 Å². The fourth-order valence-electron chi connectivity index (χ4n) is 2.32. The van der Waals surface area contributed by atoms with Crippen molar-refractivity contribution >= 4 is 10.8 Å². The molecule has 0 bridgehead atoms. The van der Waals surface area contributed by atoms with E-state index in [4.69, 9.17) is 0 Å². The van der Waals surface area contributed by atoms with Gasteiger partial charge < -0.3 is 5.32 Å². The molecule has 2 heteroatoms. The van der Waals surface area contributed by atoms with E-state index in [-0.39, 0.29) is 11.9 Å². The van der Waals surface area contributed by atoms with E-state index in [2.05, 4.69) is 18.8 Å². The fourth-order valence-corrected chi connectivity index (χ4v) is 2.32. The van der Waals surface area contributed by atoms with Gasteiger partial charge in [-0.15, -0.1) is 6.58 Å². The van der Waals surface area contributed by atoms with Gasteiger partial charge in [-0.2, -0.15) is 0 Å². The molecule has 0 aliphatic heterocycles. The number of benzene rings is 2. The summed E-state index contributed by atoms with van der Waals surface area (Å²) in [6, 6.07) is 11.2. The van der Waals surface area contributed by atoms with Crippen LogP contribution >= 0.6 is 0 Å². The molecule has 2 aromatic carbocycles. The molecule has 0 saturated heterocycles. The molecule has 2 aromatic rings. The van der Waals surface area contributed by atoms with Crippen LogP contribution in [0, 0.1) is 5.82 Å². The van der Waals surface area contributed by atoms with Gasteiger partial charge in [-0.25, -0.2) is 4.39 Å². The first kappa shape index (κ1) is 12.8. The Morgan fingerprint density at radius 1 is 1.22 bits per heavy atom. The molecule has 1 atom stereocenters. The van der Waals surface area contributed by atoms with Crippen LogP contribution in [-0.4, -0.2) is 6.54 Å². The molecule has 0 spiro atoms. The molecule has 0 aliphatic rings. The highest BCUT2D eigenvalue weighted by Crippen LogP contribution is 2.28. The highest BCUT2D eigenvalue weighted by Gasteiger charge is 2.13. The monoisotopic (exact) mass is 243 g/mol. The standard InChI is InChI=1S/C16H18FN/c1-3-7-16(18-4-2)14-10-11-15(17)13-9-6-5-8-12(13)14/h3,5-6,8-11,16,18H,1,4,7H2,2H3. The van der Waals surface area contributed by atoms with E-state index in [0.717, 1.165) is 23.9 Å². The van der Waals surface area contributed by atoms with E-state index >= 15 is 0 Å². The van der Waals surface area contributed by atoms with Gasteiger partial charge in [0.2, 0.25) is 0 Å². The Hall–Kier alpha value is -1.67. The topological polar surface area (TPSA) is 12.0 Å². The van der Waals surface area contributed by atoms with Crippen molar-refractivity contribution in [1.82, 2.24) is 5.32 Å². The zero-order chi connectivity index (χ0) is 13.0. The second kappa shape index (κ2) is 5.78. The smallest absolute Gasteiger partial charge is 0.131 e. The Morgan fingerprint density at radius 3 is 2.61 bits per heavy atom. The molecule has 0 aromatic heterocycles. The molecule has 0 heterocycles. The summed E-state index contributed by atoms with van der Waals surface area (Å²) in [7, 11) is 0. The Kier molecular flexibility index (Phi) is 4.11.